The molecule has 0 aliphatic carbocycles. The maximum Gasteiger partial charge on any atom is 0.180 e. The van der Waals surface area contributed by atoms with E-state index in [2.05, 4.69) is 15.2 Å². The highest BCUT2D eigenvalue weighted by atomic mass is 35.5. The second kappa shape index (κ2) is 4.82. The third-order valence-electron chi connectivity index (χ3n) is 3.15. The van der Waals surface area contributed by atoms with Crippen molar-refractivity contribution in [2.45, 2.75) is 19.3 Å². The number of halogens is 1. The van der Waals surface area contributed by atoms with Gasteiger partial charge in [0.25, 0.3) is 0 Å². The molecule has 6 heteroatoms. The minimum atomic E-state index is 0.590. The van der Waals surface area contributed by atoms with E-state index < -0.39 is 0 Å². The Bertz CT molecular complexity index is 521. The summed E-state index contributed by atoms with van der Waals surface area (Å²) < 4.78 is 1.90. The van der Waals surface area contributed by atoms with Gasteiger partial charge < -0.3 is 0 Å². The van der Waals surface area contributed by atoms with E-state index in [0.717, 1.165) is 17.9 Å². The summed E-state index contributed by atoms with van der Waals surface area (Å²) >= 11 is 8.18. The summed E-state index contributed by atoms with van der Waals surface area (Å²) in [7, 11) is 0. The van der Waals surface area contributed by atoms with Crippen LogP contribution in [0.1, 0.15) is 18.7 Å². The predicted octanol–water partition coefficient (Wildman–Crippen LogP) is 2.46. The minimum absolute atomic E-state index is 0.590. The van der Waals surface area contributed by atoms with Crippen LogP contribution in [0.5, 0.6) is 0 Å². The van der Waals surface area contributed by atoms with Gasteiger partial charge in [0, 0.05) is 6.42 Å². The van der Waals surface area contributed by atoms with Crippen molar-refractivity contribution in [1.82, 2.24) is 19.6 Å². The lowest BCUT2D eigenvalue weighted by Crippen LogP contribution is -2.14. The minimum Gasteiger partial charge on any atom is -0.266 e. The zero-order valence-electron chi connectivity index (χ0n) is 9.34. The third-order valence-corrected chi connectivity index (χ3v) is 4.47. The van der Waals surface area contributed by atoms with Crippen molar-refractivity contribution in [3.63, 3.8) is 0 Å². The normalized spacial score (nSPS) is 17.7. The van der Waals surface area contributed by atoms with Crippen molar-refractivity contribution >= 4 is 29.0 Å². The maximum atomic E-state index is 6.14. The summed E-state index contributed by atoms with van der Waals surface area (Å²) in [6.07, 6.45) is 6.83. The molecule has 0 spiro atoms. The van der Waals surface area contributed by atoms with Crippen LogP contribution in [0.3, 0.4) is 0 Å². The molecule has 0 radical (unpaired) electrons. The number of nitrogens with zero attached hydrogens (tertiary/aromatic N) is 4. The first-order chi connectivity index (χ1) is 8.34. The van der Waals surface area contributed by atoms with E-state index >= 15 is 0 Å². The smallest absolute Gasteiger partial charge is 0.180 e. The quantitative estimate of drug-likeness (QED) is 0.839. The lowest BCUT2D eigenvalue weighted by atomic mass is 9.98. The first-order valence-corrected chi connectivity index (χ1v) is 7.29. The maximum absolute atomic E-state index is 6.14. The van der Waals surface area contributed by atoms with Gasteiger partial charge >= 0.3 is 0 Å². The van der Waals surface area contributed by atoms with Gasteiger partial charge in [-0.3, -0.25) is 9.38 Å². The van der Waals surface area contributed by atoms with E-state index in [1.54, 1.807) is 12.4 Å². The van der Waals surface area contributed by atoms with Crippen LogP contribution in [0, 0.1) is 5.92 Å². The van der Waals surface area contributed by atoms with Gasteiger partial charge in [-0.2, -0.15) is 11.8 Å². The van der Waals surface area contributed by atoms with Crippen LogP contribution < -0.4 is 0 Å². The van der Waals surface area contributed by atoms with Crippen LogP contribution >= 0.6 is 23.4 Å². The van der Waals surface area contributed by atoms with Gasteiger partial charge in [0.15, 0.2) is 5.65 Å². The molecule has 90 valence electrons. The Morgan fingerprint density at radius 1 is 1.29 bits per heavy atom. The van der Waals surface area contributed by atoms with Crippen LogP contribution in [0.4, 0.5) is 0 Å². The summed E-state index contributed by atoms with van der Waals surface area (Å²) in [4.78, 5) is 4.01. The Labute approximate surface area is 109 Å². The van der Waals surface area contributed by atoms with Gasteiger partial charge in [-0.05, 0) is 30.3 Å². The van der Waals surface area contributed by atoms with E-state index in [9.17, 15) is 0 Å². The molecule has 0 atom stereocenters. The number of hydrogen-bond acceptors (Lipinski definition) is 4. The van der Waals surface area contributed by atoms with Crippen LogP contribution in [-0.4, -0.2) is 31.1 Å². The molecule has 2 aromatic heterocycles. The van der Waals surface area contributed by atoms with Gasteiger partial charge in [0.2, 0.25) is 0 Å². The first kappa shape index (κ1) is 11.3. The number of aromatic nitrogens is 4. The van der Waals surface area contributed by atoms with E-state index in [1.807, 2.05) is 16.2 Å². The Hall–Kier alpha value is -0.810. The van der Waals surface area contributed by atoms with E-state index in [-0.39, 0.29) is 0 Å². The fraction of sp³-hybridized carbons (Fsp3) is 0.545. The van der Waals surface area contributed by atoms with Crippen molar-refractivity contribution in [3.05, 3.63) is 23.4 Å². The van der Waals surface area contributed by atoms with Crippen molar-refractivity contribution in [1.29, 1.82) is 0 Å². The van der Waals surface area contributed by atoms with Crippen molar-refractivity contribution in [2.75, 3.05) is 11.5 Å². The Kier molecular flexibility index (Phi) is 3.20. The molecule has 1 fully saturated rings. The molecule has 0 N–H and O–H groups in total. The summed E-state index contributed by atoms with van der Waals surface area (Å²) in [6.45, 7) is 0. The standard InChI is InChI=1S/C11H13ClN4S/c12-9-6-13-7-11-15-14-10(16(9)11)5-8-1-3-17-4-2-8/h6-8H,1-5H2. The second-order valence-electron chi connectivity index (χ2n) is 4.30. The van der Waals surface area contributed by atoms with E-state index in [0.29, 0.717) is 11.1 Å². The van der Waals surface area contributed by atoms with Gasteiger partial charge in [-0.25, -0.2) is 0 Å². The molecule has 3 heterocycles. The largest absolute Gasteiger partial charge is 0.266 e. The summed E-state index contributed by atoms with van der Waals surface area (Å²) in [5.41, 5.74) is 0.734. The number of fused-ring (bicyclic) bond motifs is 1. The molecule has 1 saturated heterocycles. The van der Waals surface area contributed by atoms with E-state index in [1.165, 1.54) is 24.3 Å². The molecule has 4 nitrogen and oxygen atoms in total. The molecule has 0 aromatic carbocycles. The molecule has 3 rings (SSSR count). The zero-order chi connectivity index (χ0) is 11.7. The van der Waals surface area contributed by atoms with Gasteiger partial charge in [-0.1, -0.05) is 11.6 Å². The molecule has 0 amide bonds. The highest BCUT2D eigenvalue weighted by Crippen LogP contribution is 2.26. The highest BCUT2D eigenvalue weighted by molar-refractivity contribution is 7.99. The van der Waals surface area contributed by atoms with Crippen molar-refractivity contribution in [3.8, 4) is 0 Å². The summed E-state index contributed by atoms with van der Waals surface area (Å²) in [5, 5.41) is 8.93. The summed E-state index contributed by atoms with van der Waals surface area (Å²) in [5.74, 6) is 4.20. The molecule has 2 aromatic rings. The number of hydrogen-bond donors (Lipinski definition) is 0. The first-order valence-electron chi connectivity index (χ1n) is 5.76. The average molecular weight is 269 g/mol. The molecule has 0 saturated carbocycles. The third kappa shape index (κ3) is 2.26. The van der Waals surface area contributed by atoms with Crippen LogP contribution in [-0.2, 0) is 6.42 Å². The SMILES string of the molecule is Clc1cncc2nnc(CC3CCSCC3)n12. The number of thioether (sulfide) groups is 1. The monoisotopic (exact) mass is 268 g/mol. The van der Waals surface area contributed by atoms with Crippen LogP contribution in [0.2, 0.25) is 5.15 Å². The number of rotatable bonds is 2. The lowest BCUT2D eigenvalue weighted by molar-refractivity contribution is 0.474. The van der Waals surface area contributed by atoms with E-state index in [4.69, 9.17) is 11.6 Å². The Morgan fingerprint density at radius 2 is 2.12 bits per heavy atom. The van der Waals surface area contributed by atoms with Gasteiger partial charge in [0.1, 0.15) is 11.0 Å². The van der Waals surface area contributed by atoms with Crippen LogP contribution in [0.15, 0.2) is 12.4 Å². The van der Waals surface area contributed by atoms with Gasteiger partial charge in [0.05, 0.1) is 12.4 Å². The molecular weight excluding hydrogens is 256 g/mol. The highest BCUT2D eigenvalue weighted by Gasteiger charge is 2.18. The predicted molar refractivity (Wildman–Crippen MR) is 69.5 cm³/mol. The van der Waals surface area contributed by atoms with Crippen molar-refractivity contribution < 1.29 is 0 Å². The fourth-order valence-electron chi connectivity index (χ4n) is 2.21. The summed E-state index contributed by atoms with van der Waals surface area (Å²) in [6, 6.07) is 0. The molecular formula is C11H13ClN4S. The molecule has 0 bridgehead atoms. The molecule has 1 aliphatic heterocycles. The Morgan fingerprint density at radius 3 is 2.94 bits per heavy atom. The van der Waals surface area contributed by atoms with Gasteiger partial charge in [-0.15, -0.1) is 10.2 Å². The Balaban J connectivity index is 1.89. The molecule has 0 unspecified atom stereocenters. The van der Waals surface area contributed by atoms with Crippen molar-refractivity contribution in [2.24, 2.45) is 5.92 Å². The average Bonchev–Trinajstić information content (AvgIpc) is 2.75. The zero-order valence-corrected chi connectivity index (χ0v) is 10.9. The topological polar surface area (TPSA) is 43.1 Å². The molecule has 1 aliphatic rings. The van der Waals surface area contributed by atoms with Crippen LogP contribution in [0.25, 0.3) is 5.65 Å². The molecule has 17 heavy (non-hydrogen) atoms. The fourth-order valence-corrected chi connectivity index (χ4v) is 3.66. The second-order valence-corrected chi connectivity index (χ2v) is 5.91. The lowest BCUT2D eigenvalue weighted by Gasteiger charge is -2.20.